The van der Waals surface area contributed by atoms with Gasteiger partial charge in [-0.2, -0.15) is 0 Å². The van der Waals surface area contributed by atoms with Gasteiger partial charge in [-0.05, 0) is 6.42 Å². The lowest BCUT2D eigenvalue weighted by Crippen LogP contribution is -2.38. The molecule has 20 heavy (non-hydrogen) atoms. The Bertz CT molecular complexity index is 563. The zero-order valence-corrected chi connectivity index (χ0v) is 13.0. The van der Waals surface area contributed by atoms with E-state index in [2.05, 4.69) is 4.84 Å². The van der Waals surface area contributed by atoms with E-state index in [9.17, 15) is 14.4 Å². The molecule has 9 heteroatoms. The lowest BCUT2D eigenvalue weighted by molar-refractivity contribution is -0.197. The monoisotopic (exact) mass is 357 g/mol. The lowest BCUT2D eigenvalue weighted by Gasteiger charge is -2.28. The van der Waals surface area contributed by atoms with Crippen LogP contribution < -0.4 is 0 Å². The molecule has 0 aromatic heterocycles. The smallest absolute Gasteiger partial charge is 0.330 e. The number of hydrogen-bond acceptors (Lipinski definition) is 4. The number of allylic oxidation sites excluding steroid dienone is 2. The first-order chi connectivity index (χ1) is 9.14. The van der Waals surface area contributed by atoms with Gasteiger partial charge in [-0.15, -0.1) is 28.3 Å². The molecule has 1 aliphatic heterocycles. The number of imide groups is 1. The number of hydroxylamine groups is 2. The van der Waals surface area contributed by atoms with Gasteiger partial charge in [-0.25, -0.2) is 4.79 Å². The lowest BCUT2D eigenvalue weighted by atomic mass is 9.84. The van der Waals surface area contributed by atoms with Crippen LogP contribution in [0.1, 0.15) is 13.3 Å². The molecule has 3 aliphatic rings. The van der Waals surface area contributed by atoms with Crippen molar-refractivity contribution < 1.29 is 19.2 Å². The van der Waals surface area contributed by atoms with Crippen molar-refractivity contribution in [1.82, 2.24) is 5.06 Å². The highest BCUT2D eigenvalue weighted by atomic mass is 35.5. The van der Waals surface area contributed by atoms with Crippen LogP contribution in [0.4, 0.5) is 0 Å². The number of carbonyl (C=O) groups is 3. The van der Waals surface area contributed by atoms with E-state index in [1.165, 1.54) is 0 Å². The van der Waals surface area contributed by atoms with E-state index >= 15 is 0 Å². The van der Waals surface area contributed by atoms with Crippen LogP contribution in [0, 0.1) is 11.8 Å². The summed E-state index contributed by atoms with van der Waals surface area (Å²) in [6.45, 7) is 1.08. The third-order valence-electron chi connectivity index (χ3n) is 3.91. The predicted molar refractivity (Wildman–Crippen MR) is 71.1 cm³/mol. The third kappa shape index (κ3) is 1.44. The summed E-state index contributed by atoms with van der Waals surface area (Å²) in [4.78, 5) is 37.5. The van der Waals surface area contributed by atoms with E-state index in [1.54, 1.807) is 0 Å². The molecule has 2 amide bonds. The Balaban J connectivity index is 2.10. The minimum absolute atomic E-state index is 0.0721. The van der Waals surface area contributed by atoms with Crippen LogP contribution >= 0.6 is 46.4 Å². The largest absolute Gasteiger partial charge is 0.331 e. The van der Waals surface area contributed by atoms with Crippen LogP contribution in [0.3, 0.4) is 0 Å². The number of alkyl halides is 2. The number of nitrogens with zero attached hydrogens (tertiary/aromatic N) is 1. The Morgan fingerprint density at radius 2 is 1.55 bits per heavy atom. The molecular formula is C11H7Cl4NO4. The summed E-state index contributed by atoms with van der Waals surface area (Å²) in [6.07, 6.45) is 0.0848. The SMILES string of the molecule is CC(=O)ON1C(=O)[C@@H]2[C@@H](C1=O)[C@]1(Cl)C[C@]2(Cl)C(Cl)=C1Cl. The summed E-state index contributed by atoms with van der Waals surface area (Å²) in [6, 6.07) is 0. The number of amides is 2. The van der Waals surface area contributed by atoms with Crippen molar-refractivity contribution in [3.05, 3.63) is 10.1 Å². The van der Waals surface area contributed by atoms with Crippen molar-refractivity contribution in [2.45, 2.75) is 23.1 Å². The van der Waals surface area contributed by atoms with Crippen molar-refractivity contribution in [2.24, 2.45) is 11.8 Å². The van der Waals surface area contributed by atoms with Crippen molar-refractivity contribution in [3.8, 4) is 0 Å². The Kier molecular flexibility index (Phi) is 2.91. The molecule has 3 rings (SSSR count). The van der Waals surface area contributed by atoms with Crippen LogP contribution in [0.2, 0.25) is 0 Å². The molecule has 5 nitrogen and oxygen atoms in total. The van der Waals surface area contributed by atoms with Crippen LogP contribution in [-0.4, -0.2) is 32.6 Å². The van der Waals surface area contributed by atoms with Gasteiger partial charge >= 0.3 is 5.97 Å². The predicted octanol–water partition coefficient (Wildman–Crippen LogP) is 2.13. The Labute approximate surface area is 133 Å². The van der Waals surface area contributed by atoms with Gasteiger partial charge in [0, 0.05) is 6.92 Å². The summed E-state index contributed by atoms with van der Waals surface area (Å²) in [7, 11) is 0. The Morgan fingerprint density at radius 1 is 1.15 bits per heavy atom. The number of fused-ring (bicyclic) bond motifs is 5. The van der Waals surface area contributed by atoms with Crippen LogP contribution in [0.5, 0.6) is 0 Å². The maximum Gasteiger partial charge on any atom is 0.330 e. The van der Waals surface area contributed by atoms with E-state index < -0.39 is 39.4 Å². The van der Waals surface area contributed by atoms with Gasteiger partial charge in [0.25, 0.3) is 11.8 Å². The van der Waals surface area contributed by atoms with Gasteiger partial charge in [-0.3, -0.25) is 9.59 Å². The Hall–Kier alpha value is -0.490. The zero-order chi connectivity index (χ0) is 15.0. The number of halogens is 4. The quantitative estimate of drug-likeness (QED) is 0.532. The van der Waals surface area contributed by atoms with Crippen molar-refractivity contribution in [1.29, 1.82) is 0 Å². The average Bonchev–Trinajstić information content (AvgIpc) is 2.81. The van der Waals surface area contributed by atoms with E-state index in [4.69, 9.17) is 46.4 Å². The average molecular weight is 359 g/mol. The van der Waals surface area contributed by atoms with E-state index in [-0.39, 0.29) is 16.5 Å². The summed E-state index contributed by atoms with van der Waals surface area (Å²) in [5.74, 6) is -4.21. The number of hydrogen-bond donors (Lipinski definition) is 0. The second kappa shape index (κ2) is 4.03. The van der Waals surface area contributed by atoms with Gasteiger partial charge in [0.15, 0.2) is 0 Å². The number of carbonyl (C=O) groups excluding carboxylic acids is 3. The summed E-state index contributed by atoms with van der Waals surface area (Å²) >= 11 is 24.9. The summed E-state index contributed by atoms with van der Waals surface area (Å²) in [5.41, 5.74) is 0. The molecule has 2 fully saturated rings. The number of rotatable bonds is 1. The summed E-state index contributed by atoms with van der Waals surface area (Å²) in [5, 5.41) is 0.552. The zero-order valence-electron chi connectivity index (χ0n) is 9.95. The van der Waals surface area contributed by atoms with Crippen LogP contribution in [0.25, 0.3) is 0 Å². The first-order valence-corrected chi connectivity index (χ1v) is 7.16. The molecular weight excluding hydrogens is 352 g/mol. The molecule has 1 saturated carbocycles. The molecule has 0 aromatic carbocycles. The maximum atomic E-state index is 12.3. The third-order valence-corrected chi connectivity index (χ3v) is 6.37. The first-order valence-electron chi connectivity index (χ1n) is 5.65. The summed E-state index contributed by atoms with van der Waals surface area (Å²) < 4.78 is 0. The minimum Gasteiger partial charge on any atom is -0.331 e. The van der Waals surface area contributed by atoms with E-state index in [1.807, 2.05) is 0 Å². The van der Waals surface area contributed by atoms with Crippen molar-refractivity contribution >= 4 is 64.2 Å². The van der Waals surface area contributed by atoms with Gasteiger partial charge in [0.2, 0.25) is 0 Å². The van der Waals surface area contributed by atoms with Gasteiger partial charge in [-0.1, -0.05) is 23.2 Å². The standard InChI is InChI=1S/C11H7Cl4NO4/c1-3(17)20-16-8(18)4-5(9(16)19)11(15)2-10(4,14)6(12)7(11)13/h4-5H,2H2,1H3/t4-,5-,10+,11+/m0/s1. The highest BCUT2D eigenvalue weighted by Crippen LogP contribution is 2.69. The molecule has 1 saturated heterocycles. The fraction of sp³-hybridized carbons (Fsp3) is 0.545. The van der Waals surface area contributed by atoms with Crippen LogP contribution in [0.15, 0.2) is 10.1 Å². The molecule has 0 unspecified atom stereocenters. The topological polar surface area (TPSA) is 63.7 Å². The van der Waals surface area contributed by atoms with Gasteiger partial charge in [0.1, 0.15) is 0 Å². The Morgan fingerprint density at radius 3 is 1.90 bits per heavy atom. The molecule has 0 radical (unpaired) electrons. The second-order valence-corrected chi connectivity index (χ2v) is 7.14. The minimum atomic E-state index is -1.33. The molecule has 0 spiro atoms. The van der Waals surface area contributed by atoms with E-state index in [0.29, 0.717) is 5.06 Å². The molecule has 2 bridgehead atoms. The normalized spacial score (nSPS) is 42.5. The highest BCUT2D eigenvalue weighted by Gasteiger charge is 2.77. The van der Waals surface area contributed by atoms with Crippen LogP contribution in [-0.2, 0) is 19.2 Å². The van der Waals surface area contributed by atoms with E-state index in [0.717, 1.165) is 6.92 Å². The molecule has 2 aliphatic carbocycles. The highest BCUT2D eigenvalue weighted by molar-refractivity contribution is 6.52. The van der Waals surface area contributed by atoms with Crippen molar-refractivity contribution in [3.63, 3.8) is 0 Å². The molecule has 0 aromatic rings. The first kappa shape index (κ1) is 14.4. The maximum absolute atomic E-state index is 12.3. The fourth-order valence-electron chi connectivity index (χ4n) is 3.17. The van der Waals surface area contributed by atoms with Gasteiger partial charge in [0.05, 0.1) is 31.6 Å². The molecule has 4 atom stereocenters. The van der Waals surface area contributed by atoms with Gasteiger partial charge < -0.3 is 4.84 Å². The molecule has 1 heterocycles. The second-order valence-electron chi connectivity index (χ2n) is 5.04. The molecule has 108 valence electrons. The molecule has 0 N–H and O–H groups in total. The van der Waals surface area contributed by atoms with Crippen molar-refractivity contribution in [2.75, 3.05) is 0 Å². The fourth-order valence-corrected chi connectivity index (χ4v) is 5.09.